The average Bonchev–Trinajstić information content (AvgIpc) is 2.47. The SMILES string of the molecule is CC(C)(C)[C@@H](c1ccnc2ccccc12)N1CCNCC1.Cl.Cl. The van der Waals surface area contributed by atoms with E-state index in [1.807, 2.05) is 6.20 Å². The zero-order chi connectivity index (χ0) is 14.9. The largest absolute Gasteiger partial charge is 0.314 e. The molecule has 1 N–H and O–H groups in total. The van der Waals surface area contributed by atoms with Gasteiger partial charge in [0.25, 0.3) is 0 Å². The second-order valence-electron chi connectivity index (χ2n) is 6.97. The maximum absolute atomic E-state index is 4.52. The first-order chi connectivity index (χ1) is 10.1. The first-order valence-electron chi connectivity index (χ1n) is 7.86. The number of piperazine rings is 1. The molecule has 0 saturated carbocycles. The summed E-state index contributed by atoms with van der Waals surface area (Å²) in [5.74, 6) is 0. The van der Waals surface area contributed by atoms with Gasteiger partial charge in [-0.05, 0) is 23.1 Å². The van der Waals surface area contributed by atoms with Gasteiger partial charge in [-0.3, -0.25) is 9.88 Å². The lowest BCUT2D eigenvalue weighted by Crippen LogP contribution is -2.48. The second-order valence-corrected chi connectivity index (χ2v) is 6.97. The molecule has 3 nitrogen and oxygen atoms in total. The van der Waals surface area contributed by atoms with Gasteiger partial charge < -0.3 is 5.32 Å². The smallest absolute Gasteiger partial charge is 0.0705 e. The van der Waals surface area contributed by atoms with Crippen molar-refractivity contribution in [2.75, 3.05) is 26.2 Å². The highest BCUT2D eigenvalue weighted by atomic mass is 35.5. The van der Waals surface area contributed by atoms with E-state index in [9.17, 15) is 0 Å². The van der Waals surface area contributed by atoms with Crippen LogP contribution in [0.2, 0.25) is 0 Å². The molecule has 0 unspecified atom stereocenters. The van der Waals surface area contributed by atoms with E-state index in [0.29, 0.717) is 6.04 Å². The molecule has 0 spiro atoms. The molecular weight excluding hydrogens is 329 g/mol. The fraction of sp³-hybridized carbons (Fsp3) is 0.500. The number of rotatable bonds is 2. The van der Waals surface area contributed by atoms with E-state index in [0.717, 1.165) is 31.7 Å². The van der Waals surface area contributed by atoms with Crippen LogP contribution < -0.4 is 5.32 Å². The van der Waals surface area contributed by atoms with Gasteiger partial charge in [-0.1, -0.05) is 39.0 Å². The number of pyridine rings is 1. The Bertz CT molecular complexity index is 614. The third-order valence-corrected chi connectivity index (χ3v) is 4.31. The van der Waals surface area contributed by atoms with Crippen molar-refractivity contribution in [1.29, 1.82) is 0 Å². The van der Waals surface area contributed by atoms with Crippen molar-refractivity contribution in [3.05, 3.63) is 42.1 Å². The summed E-state index contributed by atoms with van der Waals surface area (Å²) >= 11 is 0. The van der Waals surface area contributed by atoms with Crippen molar-refractivity contribution in [1.82, 2.24) is 15.2 Å². The number of hydrogen-bond acceptors (Lipinski definition) is 3. The number of benzene rings is 1. The summed E-state index contributed by atoms with van der Waals surface area (Å²) in [6, 6.07) is 11.1. The van der Waals surface area contributed by atoms with Crippen molar-refractivity contribution in [2.24, 2.45) is 5.41 Å². The lowest BCUT2D eigenvalue weighted by Gasteiger charge is -2.43. The normalized spacial score (nSPS) is 17.2. The molecule has 0 amide bonds. The minimum absolute atomic E-state index is 0. The van der Waals surface area contributed by atoms with E-state index in [-0.39, 0.29) is 30.2 Å². The zero-order valence-electron chi connectivity index (χ0n) is 14.1. The van der Waals surface area contributed by atoms with Gasteiger partial charge >= 0.3 is 0 Å². The van der Waals surface area contributed by atoms with E-state index in [1.54, 1.807) is 0 Å². The van der Waals surface area contributed by atoms with Crippen molar-refractivity contribution in [2.45, 2.75) is 26.8 Å². The van der Waals surface area contributed by atoms with Gasteiger partial charge in [0.15, 0.2) is 0 Å². The third kappa shape index (κ3) is 4.36. The van der Waals surface area contributed by atoms with Crippen LogP contribution in [-0.2, 0) is 0 Å². The highest BCUT2D eigenvalue weighted by Crippen LogP contribution is 2.40. The monoisotopic (exact) mass is 355 g/mol. The lowest BCUT2D eigenvalue weighted by molar-refractivity contribution is 0.0872. The number of para-hydroxylation sites is 1. The van der Waals surface area contributed by atoms with Gasteiger partial charge in [0.2, 0.25) is 0 Å². The van der Waals surface area contributed by atoms with Gasteiger partial charge in [-0.15, -0.1) is 24.8 Å². The Morgan fingerprint density at radius 2 is 1.70 bits per heavy atom. The predicted molar refractivity (Wildman–Crippen MR) is 103 cm³/mol. The van der Waals surface area contributed by atoms with Crippen molar-refractivity contribution in [3.8, 4) is 0 Å². The molecule has 3 rings (SSSR count). The molecule has 1 aliphatic heterocycles. The molecule has 23 heavy (non-hydrogen) atoms. The van der Waals surface area contributed by atoms with Gasteiger partial charge in [0.1, 0.15) is 0 Å². The van der Waals surface area contributed by atoms with Crippen LogP contribution in [0.1, 0.15) is 32.4 Å². The van der Waals surface area contributed by atoms with Crippen LogP contribution in [0, 0.1) is 5.41 Å². The van der Waals surface area contributed by atoms with E-state index in [2.05, 4.69) is 66.3 Å². The molecule has 1 fully saturated rings. The topological polar surface area (TPSA) is 28.2 Å². The van der Waals surface area contributed by atoms with Crippen LogP contribution in [0.15, 0.2) is 36.5 Å². The van der Waals surface area contributed by atoms with Crippen LogP contribution >= 0.6 is 24.8 Å². The van der Waals surface area contributed by atoms with E-state index in [4.69, 9.17) is 0 Å². The van der Waals surface area contributed by atoms with Crippen molar-refractivity contribution >= 4 is 35.7 Å². The summed E-state index contributed by atoms with van der Waals surface area (Å²) in [5.41, 5.74) is 2.70. The first kappa shape index (κ1) is 20.2. The zero-order valence-corrected chi connectivity index (χ0v) is 15.7. The van der Waals surface area contributed by atoms with Crippen LogP contribution in [0.3, 0.4) is 0 Å². The van der Waals surface area contributed by atoms with Crippen LogP contribution in [0.25, 0.3) is 10.9 Å². The Hall–Kier alpha value is -0.870. The number of fused-ring (bicyclic) bond motifs is 1. The number of aromatic nitrogens is 1. The molecule has 1 atom stereocenters. The fourth-order valence-corrected chi connectivity index (χ4v) is 3.51. The minimum atomic E-state index is 0. The minimum Gasteiger partial charge on any atom is -0.314 e. The molecule has 1 saturated heterocycles. The maximum atomic E-state index is 4.52. The summed E-state index contributed by atoms with van der Waals surface area (Å²) in [6.45, 7) is 11.4. The molecule has 0 bridgehead atoms. The maximum Gasteiger partial charge on any atom is 0.0705 e. The predicted octanol–water partition coefficient (Wildman–Crippen LogP) is 4.07. The number of nitrogens with one attached hydrogen (secondary N) is 1. The van der Waals surface area contributed by atoms with Crippen LogP contribution in [0.5, 0.6) is 0 Å². The summed E-state index contributed by atoms with van der Waals surface area (Å²) in [6.07, 6.45) is 1.96. The van der Waals surface area contributed by atoms with E-state index < -0.39 is 0 Å². The highest BCUT2D eigenvalue weighted by molar-refractivity contribution is 5.85. The highest BCUT2D eigenvalue weighted by Gasteiger charge is 2.33. The van der Waals surface area contributed by atoms with E-state index in [1.165, 1.54) is 10.9 Å². The Labute approximate surface area is 151 Å². The average molecular weight is 356 g/mol. The molecular formula is C18H27Cl2N3. The molecule has 0 radical (unpaired) electrons. The number of nitrogens with zero attached hydrogens (tertiary/aromatic N) is 2. The summed E-state index contributed by atoms with van der Waals surface area (Å²) < 4.78 is 0. The van der Waals surface area contributed by atoms with Gasteiger partial charge in [-0.2, -0.15) is 0 Å². The number of hydrogen-bond donors (Lipinski definition) is 1. The number of halogens is 2. The molecule has 0 aliphatic carbocycles. The first-order valence-corrected chi connectivity index (χ1v) is 7.86. The molecule has 1 aromatic carbocycles. The Morgan fingerprint density at radius 3 is 2.35 bits per heavy atom. The Balaban J connectivity index is 0.00000132. The molecule has 1 aliphatic rings. The fourth-order valence-electron chi connectivity index (χ4n) is 3.51. The van der Waals surface area contributed by atoms with Crippen molar-refractivity contribution in [3.63, 3.8) is 0 Å². The molecule has 2 aromatic rings. The third-order valence-electron chi connectivity index (χ3n) is 4.31. The van der Waals surface area contributed by atoms with Gasteiger partial charge in [-0.25, -0.2) is 0 Å². The molecule has 5 heteroatoms. The summed E-state index contributed by atoms with van der Waals surface area (Å²) in [7, 11) is 0. The molecule has 1 aromatic heterocycles. The summed E-state index contributed by atoms with van der Waals surface area (Å²) in [5, 5.41) is 4.75. The molecule has 128 valence electrons. The van der Waals surface area contributed by atoms with Gasteiger partial charge in [0, 0.05) is 43.8 Å². The van der Waals surface area contributed by atoms with E-state index >= 15 is 0 Å². The Morgan fingerprint density at radius 1 is 1.04 bits per heavy atom. The Kier molecular flexibility index (Phi) is 7.28. The van der Waals surface area contributed by atoms with Crippen LogP contribution in [0.4, 0.5) is 0 Å². The van der Waals surface area contributed by atoms with Crippen LogP contribution in [-0.4, -0.2) is 36.1 Å². The lowest BCUT2D eigenvalue weighted by atomic mass is 9.80. The standard InChI is InChI=1S/C18H25N3.2ClH/c1-18(2,3)17(21-12-10-19-11-13-21)15-8-9-20-16-7-5-4-6-14(15)16;;/h4-9,17,19H,10-13H2,1-3H3;2*1H/t17-;;/m1../s1. The quantitative estimate of drug-likeness (QED) is 0.879. The summed E-state index contributed by atoms with van der Waals surface area (Å²) in [4.78, 5) is 7.14. The van der Waals surface area contributed by atoms with Crippen molar-refractivity contribution < 1.29 is 0 Å². The second kappa shape index (κ2) is 8.29. The molecule has 2 heterocycles. The van der Waals surface area contributed by atoms with Gasteiger partial charge in [0.05, 0.1) is 5.52 Å².